The van der Waals surface area contributed by atoms with Crippen LogP contribution < -0.4 is 5.48 Å². The first-order chi connectivity index (χ1) is 9.42. The molecule has 1 aliphatic heterocycles. The summed E-state index contributed by atoms with van der Waals surface area (Å²) in [5.74, 6) is 0. The zero-order chi connectivity index (χ0) is 12.9. The van der Waals surface area contributed by atoms with E-state index in [0.717, 1.165) is 18.5 Å². The molecule has 1 unspecified atom stereocenters. The van der Waals surface area contributed by atoms with E-state index in [1.807, 2.05) is 24.3 Å². The molecule has 0 bridgehead atoms. The number of hydrogen-bond acceptors (Lipinski definition) is 2. The van der Waals surface area contributed by atoms with Crippen molar-refractivity contribution in [2.45, 2.75) is 18.9 Å². The van der Waals surface area contributed by atoms with Gasteiger partial charge in [-0.15, -0.1) is 0 Å². The van der Waals surface area contributed by atoms with Gasteiger partial charge in [0.2, 0.25) is 0 Å². The molecule has 1 atom stereocenters. The number of hydrogen-bond donors (Lipinski definition) is 1. The van der Waals surface area contributed by atoms with E-state index in [-0.39, 0.29) is 6.10 Å². The third kappa shape index (κ3) is 3.04. The number of aryl methyl sites for hydroxylation is 1. The molecular weight excluding hydrogens is 234 g/mol. The van der Waals surface area contributed by atoms with E-state index in [2.05, 4.69) is 48.0 Å². The summed E-state index contributed by atoms with van der Waals surface area (Å²) in [5.41, 5.74) is 6.61. The second kappa shape index (κ2) is 5.72. The van der Waals surface area contributed by atoms with Gasteiger partial charge in [-0.1, -0.05) is 60.7 Å². The van der Waals surface area contributed by atoms with Gasteiger partial charge < -0.3 is 0 Å². The molecular formula is C17H17NO. The molecule has 1 aliphatic rings. The van der Waals surface area contributed by atoms with E-state index in [4.69, 9.17) is 4.84 Å². The molecule has 1 heterocycles. The van der Waals surface area contributed by atoms with Gasteiger partial charge >= 0.3 is 0 Å². The molecule has 0 fully saturated rings. The summed E-state index contributed by atoms with van der Waals surface area (Å²) < 4.78 is 0. The fourth-order valence-electron chi connectivity index (χ4n) is 2.26. The van der Waals surface area contributed by atoms with Gasteiger partial charge in [0.05, 0.1) is 5.70 Å². The summed E-state index contributed by atoms with van der Waals surface area (Å²) in [6.45, 7) is 0. The Morgan fingerprint density at radius 3 is 2.32 bits per heavy atom. The monoisotopic (exact) mass is 251 g/mol. The smallest absolute Gasteiger partial charge is 0.106 e. The summed E-state index contributed by atoms with van der Waals surface area (Å²) in [6, 6.07) is 20.8. The molecule has 1 N–H and O–H groups in total. The Kier molecular flexibility index (Phi) is 3.61. The van der Waals surface area contributed by atoms with Crippen molar-refractivity contribution in [3.63, 3.8) is 0 Å². The first-order valence-electron chi connectivity index (χ1n) is 6.65. The lowest BCUT2D eigenvalue weighted by Crippen LogP contribution is -2.12. The van der Waals surface area contributed by atoms with E-state index < -0.39 is 0 Å². The Morgan fingerprint density at radius 2 is 1.58 bits per heavy atom. The average Bonchev–Trinajstić information content (AvgIpc) is 2.96. The highest BCUT2D eigenvalue weighted by molar-refractivity contribution is 5.64. The Balaban J connectivity index is 1.61. The molecule has 0 saturated carbocycles. The third-order valence-corrected chi connectivity index (χ3v) is 3.32. The van der Waals surface area contributed by atoms with Gasteiger partial charge in [-0.2, -0.15) is 0 Å². The third-order valence-electron chi connectivity index (χ3n) is 3.32. The van der Waals surface area contributed by atoms with Gasteiger partial charge in [-0.05, 0) is 30.0 Å². The van der Waals surface area contributed by atoms with Crippen molar-refractivity contribution in [1.29, 1.82) is 0 Å². The van der Waals surface area contributed by atoms with Crippen LogP contribution in [0.2, 0.25) is 0 Å². The Hall–Kier alpha value is -2.06. The van der Waals surface area contributed by atoms with Gasteiger partial charge in [0, 0.05) is 0 Å². The predicted octanol–water partition coefficient (Wildman–Crippen LogP) is 3.56. The fraction of sp³-hybridized carbons (Fsp3) is 0.176. The number of benzene rings is 2. The summed E-state index contributed by atoms with van der Waals surface area (Å²) in [7, 11) is 0. The standard InChI is InChI=1S/C17H17NO/c1-3-7-14(8-4-1)11-12-16-13-17(18-19-16)15-9-5-2-6-10-15/h1-10,13,16,18H,11-12H2. The lowest BCUT2D eigenvalue weighted by atomic mass is 10.1. The van der Waals surface area contributed by atoms with Crippen molar-refractivity contribution in [2.24, 2.45) is 0 Å². The first kappa shape index (κ1) is 12.0. The van der Waals surface area contributed by atoms with Crippen LogP contribution in [0.4, 0.5) is 0 Å². The Bertz CT molecular complexity index is 548. The van der Waals surface area contributed by atoms with E-state index in [1.54, 1.807) is 0 Å². The lowest BCUT2D eigenvalue weighted by molar-refractivity contribution is 0.0470. The van der Waals surface area contributed by atoms with Crippen LogP contribution in [-0.4, -0.2) is 6.10 Å². The summed E-state index contributed by atoms with van der Waals surface area (Å²) in [4.78, 5) is 5.60. The fourth-order valence-corrected chi connectivity index (χ4v) is 2.26. The van der Waals surface area contributed by atoms with Crippen LogP contribution in [0.25, 0.3) is 5.70 Å². The van der Waals surface area contributed by atoms with E-state index in [1.165, 1.54) is 11.1 Å². The van der Waals surface area contributed by atoms with Crippen LogP contribution in [-0.2, 0) is 11.3 Å². The second-order valence-electron chi connectivity index (χ2n) is 4.73. The normalized spacial score (nSPS) is 17.9. The molecule has 2 nitrogen and oxygen atoms in total. The maximum absolute atomic E-state index is 5.60. The van der Waals surface area contributed by atoms with Crippen LogP contribution in [0.5, 0.6) is 0 Å². The molecule has 96 valence electrons. The highest BCUT2D eigenvalue weighted by Crippen LogP contribution is 2.20. The highest BCUT2D eigenvalue weighted by Gasteiger charge is 2.16. The molecule has 3 rings (SSSR count). The molecule has 19 heavy (non-hydrogen) atoms. The maximum atomic E-state index is 5.60. The molecule has 2 heteroatoms. The molecule has 0 aromatic heterocycles. The number of rotatable bonds is 4. The molecule has 0 aliphatic carbocycles. The van der Waals surface area contributed by atoms with Crippen molar-refractivity contribution in [3.8, 4) is 0 Å². The molecule has 0 amide bonds. The van der Waals surface area contributed by atoms with E-state index in [0.29, 0.717) is 0 Å². The maximum Gasteiger partial charge on any atom is 0.106 e. The predicted molar refractivity (Wildman–Crippen MR) is 77.2 cm³/mol. The van der Waals surface area contributed by atoms with Crippen molar-refractivity contribution in [1.82, 2.24) is 5.48 Å². The van der Waals surface area contributed by atoms with E-state index >= 15 is 0 Å². The van der Waals surface area contributed by atoms with Crippen molar-refractivity contribution >= 4 is 5.70 Å². The minimum absolute atomic E-state index is 0.149. The molecule has 2 aromatic carbocycles. The molecule has 0 radical (unpaired) electrons. The largest absolute Gasteiger partial charge is 0.269 e. The number of hydroxylamine groups is 1. The highest BCUT2D eigenvalue weighted by atomic mass is 16.7. The average molecular weight is 251 g/mol. The van der Waals surface area contributed by atoms with Crippen molar-refractivity contribution in [2.75, 3.05) is 0 Å². The van der Waals surface area contributed by atoms with Gasteiger partial charge in [0.25, 0.3) is 0 Å². The summed E-state index contributed by atoms with van der Waals surface area (Å²) in [5, 5.41) is 0. The number of nitrogens with one attached hydrogen (secondary N) is 1. The first-order valence-corrected chi connectivity index (χ1v) is 6.65. The zero-order valence-corrected chi connectivity index (χ0v) is 10.8. The summed E-state index contributed by atoms with van der Waals surface area (Å²) in [6.07, 6.45) is 4.34. The van der Waals surface area contributed by atoms with Crippen molar-refractivity contribution in [3.05, 3.63) is 77.9 Å². The van der Waals surface area contributed by atoms with Gasteiger partial charge in [-0.3, -0.25) is 10.3 Å². The van der Waals surface area contributed by atoms with Gasteiger partial charge in [0.1, 0.15) is 6.10 Å². The minimum atomic E-state index is 0.149. The SMILES string of the molecule is C1=C(c2ccccc2)NOC1CCc1ccccc1. The minimum Gasteiger partial charge on any atom is -0.269 e. The lowest BCUT2D eigenvalue weighted by Gasteiger charge is -2.07. The summed E-state index contributed by atoms with van der Waals surface area (Å²) >= 11 is 0. The quantitative estimate of drug-likeness (QED) is 0.897. The van der Waals surface area contributed by atoms with Crippen LogP contribution in [0.1, 0.15) is 17.5 Å². The van der Waals surface area contributed by atoms with Gasteiger partial charge in [0.15, 0.2) is 0 Å². The Labute approximate surface area is 113 Å². The van der Waals surface area contributed by atoms with Crippen LogP contribution in [0.15, 0.2) is 66.7 Å². The Morgan fingerprint density at radius 1 is 0.895 bits per heavy atom. The van der Waals surface area contributed by atoms with Crippen LogP contribution in [0, 0.1) is 0 Å². The molecule has 0 spiro atoms. The van der Waals surface area contributed by atoms with E-state index in [9.17, 15) is 0 Å². The molecule has 2 aromatic rings. The van der Waals surface area contributed by atoms with Crippen molar-refractivity contribution < 1.29 is 4.84 Å². The van der Waals surface area contributed by atoms with Crippen LogP contribution >= 0.6 is 0 Å². The topological polar surface area (TPSA) is 21.3 Å². The zero-order valence-electron chi connectivity index (χ0n) is 10.8. The van der Waals surface area contributed by atoms with Gasteiger partial charge in [-0.25, -0.2) is 0 Å². The molecule has 0 saturated heterocycles. The van der Waals surface area contributed by atoms with Crippen LogP contribution in [0.3, 0.4) is 0 Å². The second-order valence-corrected chi connectivity index (χ2v) is 4.73.